The summed E-state index contributed by atoms with van der Waals surface area (Å²) in [5.74, 6) is -0.511. The summed E-state index contributed by atoms with van der Waals surface area (Å²) in [7, 11) is -3.67. The number of carbonyl (C=O) groups excluding carboxylic acids is 1. The van der Waals surface area contributed by atoms with Gasteiger partial charge in [0, 0.05) is 36.5 Å². The molecule has 0 radical (unpaired) electrons. The maximum Gasteiger partial charge on any atom is 0.251 e. The number of benzene rings is 1. The molecule has 4 heterocycles. The first-order valence-electron chi connectivity index (χ1n) is 13.5. The first-order chi connectivity index (χ1) is 19.6. The number of amides is 1. The highest BCUT2D eigenvalue weighted by Gasteiger charge is 2.45. The van der Waals surface area contributed by atoms with Gasteiger partial charge in [-0.3, -0.25) is 9.78 Å². The van der Waals surface area contributed by atoms with Crippen LogP contribution in [0.3, 0.4) is 0 Å². The molecule has 4 aromatic rings. The Balaban J connectivity index is 1.17. The van der Waals surface area contributed by atoms with Gasteiger partial charge in [0.2, 0.25) is 0 Å². The molecule has 1 saturated heterocycles. The number of hydrogen-bond donors (Lipinski definition) is 2. The second-order valence-electron chi connectivity index (χ2n) is 11.1. The Morgan fingerprint density at radius 3 is 2.56 bits per heavy atom. The van der Waals surface area contributed by atoms with Crippen molar-refractivity contribution < 1.29 is 22.7 Å². The minimum atomic E-state index is -3.67. The molecule has 1 aromatic carbocycles. The van der Waals surface area contributed by atoms with E-state index in [1.165, 1.54) is 0 Å². The average molecular weight is 576 g/mol. The zero-order valence-corrected chi connectivity index (χ0v) is 23.4. The second-order valence-corrected chi connectivity index (χ2v) is 13.1. The Hall–Kier alpha value is -3.96. The molecule has 1 aliphatic heterocycles. The molecule has 212 valence electrons. The van der Waals surface area contributed by atoms with Crippen molar-refractivity contribution in [3.63, 3.8) is 0 Å². The quantitative estimate of drug-likeness (QED) is 0.355. The minimum Gasteiger partial charge on any atom is -0.393 e. The van der Waals surface area contributed by atoms with Crippen molar-refractivity contribution in [1.29, 1.82) is 0 Å². The third kappa shape index (κ3) is 5.77. The van der Waals surface area contributed by atoms with E-state index in [2.05, 4.69) is 15.2 Å². The largest absolute Gasteiger partial charge is 0.393 e. The van der Waals surface area contributed by atoms with E-state index in [4.69, 9.17) is 9.97 Å². The van der Waals surface area contributed by atoms with Crippen LogP contribution in [-0.2, 0) is 16.4 Å². The van der Waals surface area contributed by atoms with E-state index in [0.717, 1.165) is 80.1 Å². The highest BCUT2D eigenvalue weighted by molar-refractivity contribution is 7.90. The fraction of sp³-hybridized carbons (Fsp3) is 0.333. The van der Waals surface area contributed by atoms with Gasteiger partial charge in [0.15, 0.2) is 9.84 Å². The molecular weight excluding hydrogens is 545 g/mol. The zero-order valence-electron chi connectivity index (χ0n) is 22.5. The smallest absolute Gasteiger partial charge is 0.251 e. The number of hydrogen-bond acceptors (Lipinski definition) is 8. The normalized spacial score (nSPS) is 17.0. The molecule has 1 aliphatic carbocycles. The number of nitrogens with one attached hydrogen (secondary N) is 1. The number of pyridine rings is 3. The van der Waals surface area contributed by atoms with E-state index >= 15 is 0 Å². The summed E-state index contributed by atoms with van der Waals surface area (Å²) < 4.78 is 37.6. The van der Waals surface area contributed by atoms with Gasteiger partial charge in [0.1, 0.15) is 11.6 Å². The molecule has 2 N–H and O–H groups in total. The molecule has 1 amide bonds. The van der Waals surface area contributed by atoms with Crippen molar-refractivity contribution in [3.8, 4) is 11.4 Å². The van der Waals surface area contributed by atoms with Crippen LogP contribution in [0.5, 0.6) is 0 Å². The van der Waals surface area contributed by atoms with Gasteiger partial charge in [-0.25, -0.2) is 22.8 Å². The predicted molar refractivity (Wildman–Crippen MR) is 153 cm³/mol. The van der Waals surface area contributed by atoms with Crippen molar-refractivity contribution in [2.24, 2.45) is 5.41 Å². The van der Waals surface area contributed by atoms with E-state index in [1.54, 1.807) is 12.3 Å². The summed E-state index contributed by atoms with van der Waals surface area (Å²) in [5, 5.41) is 13.3. The number of aliphatic hydroxyl groups excluding tert-OH is 1. The molecule has 0 bridgehead atoms. The number of fused-ring (bicyclic) bond motifs is 1. The van der Waals surface area contributed by atoms with Crippen molar-refractivity contribution in [1.82, 2.24) is 20.3 Å². The summed E-state index contributed by atoms with van der Waals surface area (Å²) in [6, 6.07) is 14.5. The number of rotatable bonds is 6. The van der Waals surface area contributed by atoms with Crippen LogP contribution in [-0.4, -0.2) is 59.8 Å². The van der Waals surface area contributed by atoms with Crippen LogP contribution in [0.2, 0.25) is 0 Å². The van der Waals surface area contributed by atoms with Crippen LogP contribution in [0.25, 0.3) is 22.3 Å². The fourth-order valence-electron chi connectivity index (χ4n) is 5.78. The summed E-state index contributed by atoms with van der Waals surface area (Å²) in [4.78, 5) is 28.8. The monoisotopic (exact) mass is 575 g/mol. The molecule has 0 atom stereocenters. The molecule has 3 aromatic heterocycles. The molecule has 1 saturated carbocycles. The summed E-state index contributed by atoms with van der Waals surface area (Å²) in [6.07, 6.45) is 6.43. The Bertz CT molecular complexity index is 1750. The van der Waals surface area contributed by atoms with Crippen LogP contribution in [0, 0.1) is 11.2 Å². The number of anilines is 1. The standard InChI is InChI=1S/C30H30FN5O4S/c1-41(39,40)24-12-20(11-21(31)13-24)29(38)33-18-22-14-27-19(17-32-22)5-6-26(34-27)25-3-2-4-28(35-25)36-9-7-30(8-10-36)15-23(37)16-30/h2-6,11-14,17,23,37H,7-10,15-16,18H2,1H3,(H,33,38). The van der Waals surface area contributed by atoms with Crippen molar-refractivity contribution in [2.45, 2.75) is 43.2 Å². The van der Waals surface area contributed by atoms with Gasteiger partial charge in [0.25, 0.3) is 5.91 Å². The van der Waals surface area contributed by atoms with Gasteiger partial charge in [-0.05, 0) is 79.6 Å². The molecule has 9 nitrogen and oxygen atoms in total. The van der Waals surface area contributed by atoms with E-state index in [0.29, 0.717) is 22.3 Å². The molecule has 2 aliphatic rings. The number of carbonyl (C=O) groups is 1. The third-order valence-corrected chi connectivity index (χ3v) is 9.20. The molecule has 11 heteroatoms. The summed E-state index contributed by atoms with van der Waals surface area (Å²) in [5.41, 5.74) is 2.90. The maximum atomic E-state index is 13.9. The zero-order chi connectivity index (χ0) is 28.8. The van der Waals surface area contributed by atoms with E-state index in [9.17, 15) is 22.7 Å². The summed E-state index contributed by atoms with van der Waals surface area (Å²) in [6.45, 7) is 1.88. The molecule has 1 spiro atoms. The summed E-state index contributed by atoms with van der Waals surface area (Å²) >= 11 is 0. The molecule has 0 unspecified atom stereocenters. The van der Waals surface area contributed by atoms with Crippen LogP contribution < -0.4 is 10.2 Å². The van der Waals surface area contributed by atoms with Gasteiger partial charge in [-0.15, -0.1) is 0 Å². The average Bonchev–Trinajstić information content (AvgIpc) is 2.94. The highest BCUT2D eigenvalue weighted by Crippen LogP contribution is 2.49. The molecular formula is C30H30FN5O4S. The molecule has 6 rings (SSSR count). The van der Waals surface area contributed by atoms with E-state index in [-0.39, 0.29) is 23.1 Å². The van der Waals surface area contributed by atoms with E-state index in [1.807, 2.05) is 30.3 Å². The second kappa shape index (κ2) is 10.5. The first-order valence-corrected chi connectivity index (χ1v) is 15.4. The Morgan fingerprint density at radius 1 is 1.07 bits per heavy atom. The van der Waals surface area contributed by atoms with Gasteiger partial charge < -0.3 is 15.3 Å². The lowest BCUT2D eigenvalue weighted by molar-refractivity contribution is -0.0464. The van der Waals surface area contributed by atoms with Crippen LogP contribution in [0.1, 0.15) is 41.7 Å². The van der Waals surface area contributed by atoms with Gasteiger partial charge in [-0.1, -0.05) is 6.07 Å². The van der Waals surface area contributed by atoms with Gasteiger partial charge in [0.05, 0.1) is 40.1 Å². The van der Waals surface area contributed by atoms with Crippen molar-refractivity contribution in [3.05, 3.63) is 77.9 Å². The van der Waals surface area contributed by atoms with Gasteiger partial charge >= 0.3 is 0 Å². The molecule has 2 fully saturated rings. The van der Waals surface area contributed by atoms with Gasteiger partial charge in [-0.2, -0.15) is 0 Å². The fourth-order valence-corrected chi connectivity index (χ4v) is 6.45. The number of sulfone groups is 1. The number of aliphatic hydroxyl groups is 1. The van der Waals surface area contributed by atoms with Crippen LogP contribution in [0.4, 0.5) is 10.2 Å². The number of aromatic nitrogens is 3. The molecule has 41 heavy (non-hydrogen) atoms. The third-order valence-electron chi connectivity index (χ3n) is 8.10. The van der Waals surface area contributed by atoms with Crippen molar-refractivity contribution in [2.75, 3.05) is 24.2 Å². The first kappa shape index (κ1) is 27.2. The topological polar surface area (TPSA) is 125 Å². The van der Waals surface area contributed by atoms with E-state index < -0.39 is 21.6 Å². The van der Waals surface area contributed by atoms with Crippen LogP contribution in [0.15, 0.2) is 65.7 Å². The minimum absolute atomic E-state index is 0.0482. The lowest BCUT2D eigenvalue weighted by Crippen LogP contribution is -2.49. The SMILES string of the molecule is CS(=O)(=O)c1cc(F)cc(C(=O)NCc2cc3nc(-c4cccc(N5CCC6(CC5)CC(O)C6)n4)ccc3cn2)c1. The Kier molecular flexibility index (Phi) is 6.95. The highest BCUT2D eigenvalue weighted by atomic mass is 32.2. The number of piperidine rings is 1. The number of halogens is 1. The lowest BCUT2D eigenvalue weighted by Gasteiger charge is -2.50. The Morgan fingerprint density at radius 2 is 1.83 bits per heavy atom. The lowest BCUT2D eigenvalue weighted by atomic mass is 9.61. The number of nitrogens with zero attached hydrogens (tertiary/aromatic N) is 4. The van der Waals surface area contributed by atoms with Crippen LogP contribution >= 0.6 is 0 Å². The predicted octanol–water partition coefficient (Wildman–Crippen LogP) is 3.91. The maximum absolute atomic E-state index is 13.9. The Labute approximate surface area is 237 Å². The van der Waals surface area contributed by atoms with Crippen molar-refractivity contribution >= 4 is 32.5 Å².